The third kappa shape index (κ3) is 4.24. The van der Waals surface area contributed by atoms with Crippen LogP contribution in [0, 0.1) is 5.92 Å². The van der Waals surface area contributed by atoms with Gasteiger partial charge < -0.3 is 15.5 Å². The Morgan fingerprint density at radius 2 is 2.12 bits per heavy atom. The highest BCUT2D eigenvalue weighted by Crippen LogP contribution is 2.27. The fraction of sp³-hybridized carbons (Fsp3) is 0.278. The Bertz CT molecular complexity index is 789. The smallest absolute Gasteiger partial charge is 0.227 e. The molecular weight excluding hydrogens is 338 g/mol. The van der Waals surface area contributed by atoms with E-state index >= 15 is 0 Å². The largest absolute Gasteiger partial charge is 0.351 e. The first-order chi connectivity index (χ1) is 12.0. The van der Waals surface area contributed by atoms with Crippen LogP contribution in [-0.2, 0) is 20.9 Å². The van der Waals surface area contributed by atoms with E-state index < -0.39 is 0 Å². The van der Waals surface area contributed by atoms with Gasteiger partial charge in [0.1, 0.15) is 0 Å². The summed E-state index contributed by atoms with van der Waals surface area (Å²) in [6, 6.07) is 11.0. The van der Waals surface area contributed by atoms with E-state index in [0.717, 1.165) is 4.88 Å². The summed E-state index contributed by atoms with van der Waals surface area (Å²) >= 11 is 1.59. The van der Waals surface area contributed by atoms with E-state index in [9.17, 15) is 14.4 Å². The Labute approximate surface area is 149 Å². The number of rotatable bonds is 5. The van der Waals surface area contributed by atoms with Gasteiger partial charge in [-0.2, -0.15) is 0 Å². The van der Waals surface area contributed by atoms with Crippen LogP contribution in [-0.4, -0.2) is 24.3 Å². The minimum Gasteiger partial charge on any atom is -0.351 e. The molecule has 0 aliphatic carbocycles. The van der Waals surface area contributed by atoms with Crippen molar-refractivity contribution >= 4 is 40.4 Å². The summed E-state index contributed by atoms with van der Waals surface area (Å²) in [5.74, 6) is -0.730. The van der Waals surface area contributed by atoms with Gasteiger partial charge in [-0.15, -0.1) is 11.3 Å². The van der Waals surface area contributed by atoms with Crippen LogP contribution in [0.15, 0.2) is 41.8 Å². The zero-order valence-electron chi connectivity index (χ0n) is 13.8. The molecule has 3 amide bonds. The number of carbonyl (C=O) groups is 3. The van der Waals surface area contributed by atoms with Crippen molar-refractivity contribution in [2.24, 2.45) is 5.92 Å². The van der Waals surface area contributed by atoms with Gasteiger partial charge in [0.05, 0.1) is 12.5 Å². The Morgan fingerprint density at radius 1 is 1.28 bits per heavy atom. The third-order valence-corrected chi connectivity index (χ3v) is 4.87. The lowest BCUT2D eigenvalue weighted by Crippen LogP contribution is -2.32. The lowest BCUT2D eigenvalue weighted by atomic mass is 10.1. The van der Waals surface area contributed by atoms with E-state index in [4.69, 9.17) is 0 Å². The number of amides is 3. The molecule has 25 heavy (non-hydrogen) atoms. The maximum Gasteiger partial charge on any atom is 0.227 e. The third-order valence-electron chi connectivity index (χ3n) is 3.99. The van der Waals surface area contributed by atoms with E-state index in [1.54, 1.807) is 40.5 Å². The Balaban J connectivity index is 1.63. The van der Waals surface area contributed by atoms with Gasteiger partial charge >= 0.3 is 0 Å². The summed E-state index contributed by atoms with van der Waals surface area (Å²) in [6.07, 6.45) is 0.195. The van der Waals surface area contributed by atoms with Crippen LogP contribution < -0.4 is 15.5 Å². The molecule has 1 atom stereocenters. The highest BCUT2D eigenvalue weighted by Gasteiger charge is 2.35. The Hall–Kier alpha value is -2.67. The minimum atomic E-state index is -0.364. The van der Waals surface area contributed by atoms with Crippen LogP contribution in [0.3, 0.4) is 0 Å². The van der Waals surface area contributed by atoms with Gasteiger partial charge in [-0.1, -0.05) is 12.1 Å². The molecule has 0 bridgehead atoms. The molecule has 1 fully saturated rings. The van der Waals surface area contributed by atoms with Crippen molar-refractivity contribution in [2.45, 2.75) is 19.9 Å². The molecule has 0 radical (unpaired) electrons. The molecule has 7 heteroatoms. The second kappa shape index (κ2) is 7.48. The number of nitrogens with one attached hydrogen (secondary N) is 2. The van der Waals surface area contributed by atoms with Crippen LogP contribution in [0.2, 0.25) is 0 Å². The topological polar surface area (TPSA) is 78.5 Å². The van der Waals surface area contributed by atoms with Crippen molar-refractivity contribution in [1.29, 1.82) is 0 Å². The van der Waals surface area contributed by atoms with Crippen LogP contribution >= 0.6 is 11.3 Å². The molecule has 0 unspecified atom stereocenters. The molecule has 0 saturated carbocycles. The van der Waals surface area contributed by atoms with Gasteiger partial charge in [0.2, 0.25) is 17.7 Å². The highest BCUT2D eigenvalue weighted by molar-refractivity contribution is 7.09. The molecule has 1 aromatic carbocycles. The Kier molecular flexibility index (Phi) is 5.14. The van der Waals surface area contributed by atoms with Crippen LogP contribution in [0.5, 0.6) is 0 Å². The molecule has 2 N–H and O–H groups in total. The second-order valence-corrected chi connectivity index (χ2v) is 6.97. The molecule has 2 aromatic rings. The standard InChI is InChI=1S/C18H19N3O3S/c1-12(22)20-14-4-2-5-15(9-14)21-11-13(8-17(21)23)18(24)19-10-16-6-3-7-25-16/h2-7,9,13H,8,10-11H2,1H3,(H,19,24)(H,20,22)/t13-/m1/s1. The number of hydrogen-bond acceptors (Lipinski definition) is 4. The summed E-state index contributed by atoms with van der Waals surface area (Å²) in [4.78, 5) is 38.5. The van der Waals surface area contributed by atoms with Gasteiger partial charge in [-0.3, -0.25) is 14.4 Å². The first-order valence-electron chi connectivity index (χ1n) is 8.01. The molecule has 6 nitrogen and oxygen atoms in total. The summed E-state index contributed by atoms with van der Waals surface area (Å²) in [5.41, 5.74) is 1.31. The summed E-state index contributed by atoms with van der Waals surface area (Å²) in [6.45, 7) is 2.26. The number of anilines is 2. The molecule has 1 saturated heterocycles. The fourth-order valence-electron chi connectivity index (χ4n) is 2.82. The molecular formula is C18H19N3O3S. The summed E-state index contributed by atoms with van der Waals surface area (Å²) in [5, 5.41) is 7.55. The predicted molar refractivity (Wildman–Crippen MR) is 97.4 cm³/mol. The van der Waals surface area contributed by atoms with E-state index in [1.165, 1.54) is 6.92 Å². The van der Waals surface area contributed by atoms with Crippen molar-refractivity contribution in [1.82, 2.24) is 5.32 Å². The number of benzene rings is 1. The second-order valence-electron chi connectivity index (χ2n) is 5.93. The lowest BCUT2D eigenvalue weighted by Gasteiger charge is -2.17. The van der Waals surface area contributed by atoms with Crippen molar-refractivity contribution in [2.75, 3.05) is 16.8 Å². The number of thiophene rings is 1. The quantitative estimate of drug-likeness (QED) is 0.862. The number of hydrogen-bond donors (Lipinski definition) is 2. The first kappa shape index (κ1) is 17.2. The summed E-state index contributed by atoms with van der Waals surface area (Å²) in [7, 11) is 0. The maximum absolute atomic E-state index is 12.3. The molecule has 2 heterocycles. The molecule has 130 valence electrons. The van der Waals surface area contributed by atoms with E-state index in [1.807, 2.05) is 17.5 Å². The van der Waals surface area contributed by atoms with Gasteiger partial charge in [0.15, 0.2) is 0 Å². The predicted octanol–water partition coefficient (Wildman–Crippen LogP) is 2.38. The van der Waals surface area contributed by atoms with Crippen LogP contribution in [0.25, 0.3) is 0 Å². The maximum atomic E-state index is 12.3. The highest BCUT2D eigenvalue weighted by atomic mass is 32.1. The zero-order chi connectivity index (χ0) is 17.8. The molecule has 1 aromatic heterocycles. The van der Waals surface area contributed by atoms with Crippen LogP contribution in [0.1, 0.15) is 18.2 Å². The normalized spacial score (nSPS) is 16.8. The first-order valence-corrected chi connectivity index (χ1v) is 8.89. The van der Waals surface area contributed by atoms with Gasteiger partial charge in [-0.05, 0) is 29.6 Å². The van der Waals surface area contributed by atoms with Gasteiger partial charge in [0.25, 0.3) is 0 Å². The minimum absolute atomic E-state index is 0.0868. The average molecular weight is 357 g/mol. The molecule has 3 rings (SSSR count). The zero-order valence-corrected chi connectivity index (χ0v) is 14.6. The average Bonchev–Trinajstić information content (AvgIpc) is 3.21. The lowest BCUT2D eigenvalue weighted by molar-refractivity contribution is -0.126. The number of carbonyl (C=O) groups excluding carboxylic acids is 3. The number of nitrogens with zero attached hydrogens (tertiary/aromatic N) is 1. The monoisotopic (exact) mass is 357 g/mol. The van der Waals surface area contributed by atoms with E-state index in [0.29, 0.717) is 24.5 Å². The van der Waals surface area contributed by atoms with Gasteiger partial charge in [-0.25, -0.2) is 0 Å². The van der Waals surface area contributed by atoms with E-state index in [-0.39, 0.29) is 30.1 Å². The molecule has 1 aliphatic rings. The van der Waals surface area contributed by atoms with Crippen LogP contribution in [0.4, 0.5) is 11.4 Å². The SMILES string of the molecule is CC(=O)Nc1cccc(N2C[C@H](C(=O)NCc3cccs3)CC2=O)c1. The fourth-order valence-corrected chi connectivity index (χ4v) is 3.46. The summed E-state index contributed by atoms with van der Waals surface area (Å²) < 4.78 is 0. The molecule has 0 spiro atoms. The Morgan fingerprint density at radius 3 is 2.84 bits per heavy atom. The molecule has 1 aliphatic heterocycles. The van der Waals surface area contributed by atoms with E-state index in [2.05, 4.69) is 10.6 Å². The van der Waals surface area contributed by atoms with Crippen molar-refractivity contribution in [3.63, 3.8) is 0 Å². The van der Waals surface area contributed by atoms with Crippen molar-refractivity contribution in [3.8, 4) is 0 Å². The van der Waals surface area contributed by atoms with Crippen molar-refractivity contribution in [3.05, 3.63) is 46.7 Å². The van der Waals surface area contributed by atoms with Gasteiger partial charge in [0, 0.05) is 36.1 Å². The van der Waals surface area contributed by atoms with Crippen molar-refractivity contribution < 1.29 is 14.4 Å².